The molecule has 0 bridgehead atoms. The van der Waals surface area contributed by atoms with Crippen LogP contribution in [0.2, 0.25) is 5.02 Å². The summed E-state index contributed by atoms with van der Waals surface area (Å²) in [6.45, 7) is 0. The zero-order chi connectivity index (χ0) is 21.8. The molecular formula is C20H19ClFN5O3S. The SMILES string of the molecule is Cn1nccc1[C@]12CCCC1[C@@H]2Oc1ccc(S(=O)(=O)Nc2ccncn2)c(F)c1Cl. The van der Waals surface area contributed by atoms with Crippen LogP contribution in [0.25, 0.3) is 0 Å². The van der Waals surface area contributed by atoms with E-state index in [1.807, 2.05) is 17.8 Å². The van der Waals surface area contributed by atoms with E-state index >= 15 is 0 Å². The minimum absolute atomic E-state index is 0.0229. The molecule has 2 aliphatic rings. The second-order valence-corrected chi connectivity index (χ2v) is 9.84. The molecule has 31 heavy (non-hydrogen) atoms. The maximum Gasteiger partial charge on any atom is 0.266 e. The van der Waals surface area contributed by atoms with Crippen LogP contribution >= 0.6 is 11.6 Å². The second kappa shape index (κ2) is 7.16. The number of nitrogens with one attached hydrogen (secondary N) is 1. The highest BCUT2D eigenvalue weighted by molar-refractivity contribution is 7.92. The number of benzene rings is 1. The van der Waals surface area contributed by atoms with Crippen molar-refractivity contribution < 1.29 is 17.5 Å². The predicted octanol–water partition coefficient (Wildman–Crippen LogP) is 3.30. The van der Waals surface area contributed by atoms with Gasteiger partial charge in [-0.3, -0.25) is 9.40 Å². The summed E-state index contributed by atoms with van der Waals surface area (Å²) in [5.41, 5.74) is 0.925. The van der Waals surface area contributed by atoms with Crippen molar-refractivity contribution >= 4 is 27.4 Å². The standard InChI is InChI=1S/C20H19ClFN5O3S/c1-27-15(6-10-25-27)20-8-2-3-12(20)19(20)30-13-4-5-14(18(22)17(13)21)31(28,29)26-16-7-9-23-11-24-16/h4-7,9-12,19H,2-3,8H2,1H3,(H,23,24,26)/t12?,19-,20-/m0/s1. The van der Waals surface area contributed by atoms with Gasteiger partial charge in [0.1, 0.15) is 33.9 Å². The number of rotatable bonds is 6. The lowest BCUT2D eigenvalue weighted by Gasteiger charge is -2.18. The normalized spacial score (nSPS) is 24.6. The third-order valence-electron chi connectivity index (χ3n) is 6.20. The molecule has 2 fully saturated rings. The van der Waals surface area contributed by atoms with Gasteiger partial charge < -0.3 is 4.74 Å². The number of hydrogen-bond acceptors (Lipinski definition) is 6. The number of aryl methyl sites for hydroxylation is 1. The lowest BCUT2D eigenvalue weighted by molar-refractivity contribution is 0.245. The largest absolute Gasteiger partial charge is 0.487 e. The Kier molecular flexibility index (Phi) is 4.67. The van der Waals surface area contributed by atoms with E-state index in [1.165, 1.54) is 24.7 Å². The van der Waals surface area contributed by atoms with Gasteiger partial charge in [0.2, 0.25) is 0 Å². The highest BCUT2D eigenvalue weighted by Gasteiger charge is 2.71. The van der Waals surface area contributed by atoms with Crippen LogP contribution in [0.1, 0.15) is 25.0 Å². The summed E-state index contributed by atoms with van der Waals surface area (Å²) in [6, 6.07) is 5.89. The Morgan fingerprint density at radius 1 is 1.29 bits per heavy atom. The third kappa shape index (κ3) is 3.16. The van der Waals surface area contributed by atoms with Gasteiger partial charge in [-0.2, -0.15) is 5.10 Å². The molecule has 11 heteroatoms. The molecule has 0 aliphatic heterocycles. The molecule has 0 spiro atoms. The van der Waals surface area contributed by atoms with Crippen LogP contribution in [0.3, 0.4) is 0 Å². The number of nitrogens with zero attached hydrogens (tertiary/aromatic N) is 4. The first-order valence-corrected chi connectivity index (χ1v) is 11.6. The monoisotopic (exact) mass is 463 g/mol. The zero-order valence-corrected chi connectivity index (χ0v) is 18.1. The summed E-state index contributed by atoms with van der Waals surface area (Å²) >= 11 is 6.20. The Bertz CT molecular complexity index is 1250. The molecule has 2 heterocycles. The average molecular weight is 464 g/mol. The minimum atomic E-state index is -4.23. The fourth-order valence-electron chi connectivity index (χ4n) is 4.81. The first-order chi connectivity index (χ1) is 14.8. The van der Waals surface area contributed by atoms with E-state index in [4.69, 9.17) is 16.3 Å². The molecule has 1 N–H and O–H groups in total. The Labute approximate surface area is 183 Å². The Balaban J connectivity index is 1.41. The van der Waals surface area contributed by atoms with Crippen LogP contribution < -0.4 is 9.46 Å². The Morgan fingerprint density at radius 2 is 2.13 bits per heavy atom. The molecule has 0 radical (unpaired) electrons. The predicted molar refractivity (Wildman–Crippen MR) is 111 cm³/mol. The molecular weight excluding hydrogens is 445 g/mol. The topological polar surface area (TPSA) is 99.0 Å². The van der Waals surface area contributed by atoms with Gasteiger partial charge in [0, 0.05) is 31.1 Å². The maximum absolute atomic E-state index is 15.0. The van der Waals surface area contributed by atoms with Crippen molar-refractivity contribution in [3.05, 3.63) is 59.5 Å². The third-order valence-corrected chi connectivity index (χ3v) is 7.93. The van der Waals surface area contributed by atoms with Gasteiger partial charge in [-0.25, -0.2) is 22.8 Å². The van der Waals surface area contributed by atoms with Gasteiger partial charge in [0.05, 0.1) is 5.41 Å². The number of hydrogen-bond donors (Lipinski definition) is 1. The van der Waals surface area contributed by atoms with E-state index in [9.17, 15) is 12.8 Å². The van der Waals surface area contributed by atoms with Gasteiger partial charge >= 0.3 is 0 Å². The molecule has 0 amide bonds. The van der Waals surface area contributed by atoms with Gasteiger partial charge in [0.25, 0.3) is 10.0 Å². The quantitative estimate of drug-likeness (QED) is 0.602. The van der Waals surface area contributed by atoms with Crippen LogP contribution in [-0.2, 0) is 22.5 Å². The van der Waals surface area contributed by atoms with Crippen LogP contribution in [0.4, 0.5) is 10.2 Å². The van der Waals surface area contributed by atoms with Crippen LogP contribution in [0, 0.1) is 11.7 Å². The first-order valence-electron chi connectivity index (χ1n) is 9.76. The Morgan fingerprint density at radius 3 is 2.84 bits per heavy atom. The van der Waals surface area contributed by atoms with E-state index in [1.54, 1.807) is 6.20 Å². The van der Waals surface area contributed by atoms with E-state index in [0.717, 1.165) is 31.0 Å². The van der Waals surface area contributed by atoms with Gasteiger partial charge in [-0.15, -0.1) is 0 Å². The van der Waals surface area contributed by atoms with Crippen molar-refractivity contribution in [2.24, 2.45) is 13.0 Å². The molecule has 8 nitrogen and oxygen atoms in total. The van der Waals surface area contributed by atoms with Crippen molar-refractivity contribution in [3.8, 4) is 5.75 Å². The highest BCUT2D eigenvalue weighted by atomic mass is 35.5. The highest BCUT2D eigenvalue weighted by Crippen LogP contribution is 2.65. The molecule has 3 aromatic rings. The zero-order valence-electron chi connectivity index (χ0n) is 16.5. The fourth-order valence-corrected chi connectivity index (χ4v) is 6.16. The molecule has 162 valence electrons. The number of sulfonamides is 1. The molecule has 2 saturated carbocycles. The molecule has 2 aromatic heterocycles. The number of ether oxygens (including phenoxy) is 1. The van der Waals surface area contributed by atoms with E-state index < -0.39 is 20.7 Å². The van der Waals surface area contributed by atoms with Crippen LogP contribution in [-0.4, -0.2) is 34.3 Å². The summed E-state index contributed by atoms with van der Waals surface area (Å²) in [5, 5.41) is 3.91. The van der Waals surface area contributed by atoms with Crippen LogP contribution in [0.15, 0.2) is 47.9 Å². The van der Waals surface area contributed by atoms with Crippen molar-refractivity contribution in [2.75, 3.05) is 4.72 Å². The number of anilines is 1. The van der Waals surface area contributed by atoms with Crippen molar-refractivity contribution in [3.63, 3.8) is 0 Å². The number of halogens is 2. The molecule has 5 rings (SSSR count). The molecule has 0 saturated heterocycles. The molecule has 1 aromatic carbocycles. The summed E-state index contributed by atoms with van der Waals surface area (Å²) in [5.74, 6) is -0.623. The molecule has 1 unspecified atom stereocenters. The van der Waals surface area contributed by atoms with E-state index in [-0.39, 0.29) is 28.1 Å². The smallest absolute Gasteiger partial charge is 0.266 e. The maximum atomic E-state index is 15.0. The second-order valence-electron chi connectivity index (χ2n) is 7.81. The Hall–Kier alpha value is -2.72. The van der Waals surface area contributed by atoms with Gasteiger partial charge in [-0.05, 0) is 37.1 Å². The average Bonchev–Trinajstić information content (AvgIpc) is 3.07. The van der Waals surface area contributed by atoms with E-state index in [0.29, 0.717) is 5.92 Å². The van der Waals surface area contributed by atoms with E-state index in [2.05, 4.69) is 19.8 Å². The summed E-state index contributed by atoms with van der Waals surface area (Å²) in [6.07, 6.45) is 7.20. The lowest BCUT2D eigenvalue weighted by Crippen LogP contribution is -2.20. The number of aromatic nitrogens is 4. The summed E-state index contributed by atoms with van der Waals surface area (Å²) in [7, 11) is -2.34. The molecule has 3 atom stereocenters. The number of fused-ring (bicyclic) bond motifs is 1. The molecule has 2 aliphatic carbocycles. The minimum Gasteiger partial charge on any atom is -0.487 e. The fraction of sp³-hybridized carbons (Fsp3) is 0.350. The van der Waals surface area contributed by atoms with Crippen molar-refractivity contribution in [1.29, 1.82) is 0 Å². The van der Waals surface area contributed by atoms with Crippen molar-refractivity contribution in [1.82, 2.24) is 19.7 Å². The first kappa shape index (κ1) is 20.2. The van der Waals surface area contributed by atoms with Gasteiger partial charge in [-0.1, -0.05) is 18.0 Å². The van der Waals surface area contributed by atoms with Crippen LogP contribution in [0.5, 0.6) is 5.75 Å². The summed E-state index contributed by atoms with van der Waals surface area (Å²) < 4.78 is 50.4. The van der Waals surface area contributed by atoms with Gasteiger partial charge in [0.15, 0.2) is 5.82 Å². The lowest BCUT2D eigenvalue weighted by atomic mass is 9.98. The van der Waals surface area contributed by atoms with Crippen molar-refractivity contribution in [2.45, 2.75) is 35.7 Å². The summed E-state index contributed by atoms with van der Waals surface area (Å²) in [4.78, 5) is 6.92.